The third-order valence-electron chi connectivity index (χ3n) is 3.17. The highest BCUT2D eigenvalue weighted by molar-refractivity contribution is 5.94. The smallest absolute Gasteiger partial charge is 0.272 e. The van der Waals surface area contributed by atoms with E-state index in [9.17, 15) is 14.9 Å². The first-order valence-corrected chi connectivity index (χ1v) is 6.15. The number of rotatable bonds is 2. The van der Waals surface area contributed by atoms with Crippen molar-refractivity contribution in [1.82, 2.24) is 4.90 Å². The molecule has 1 aliphatic rings. The third kappa shape index (κ3) is 2.90. The van der Waals surface area contributed by atoms with Gasteiger partial charge in [-0.1, -0.05) is 0 Å². The predicted octanol–water partition coefficient (Wildman–Crippen LogP) is 1.76. The molecule has 1 aromatic rings. The van der Waals surface area contributed by atoms with Crippen LogP contribution in [0, 0.1) is 17.0 Å². The predicted molar refractivity (Wildman–Crippen MR) is 69.2 cm³/mol. The minimum atomic E-state index is -0.444. The first-order chi connectivity index (χ1) is 8.99. The zero-order valence-electron chi connectivity index (χ0n) is 11.0. The molecule has 0 spiro atoms. The molecular weight excluding hydrogens is 248 g/mol. The van der Waals surface area contributed by atoms with Crippen molar-refractivity contribution >= 4 is 11.6 Å². The number of carbonyl (C=O) groups is 1. The van der Waals surface area contributed by atoms with Gasteiger partial charge in [-0.3, -0.25) is 14.9 Å². The molecule has 1 heterocycles. The lowest BCUT2D eigenvalue weighted by Gasteiger charge is -2.31. The van der Waals surface area contributed by atoms with Gasteiger partial charge in [0.15, 0.2) is 0 Å². The van der Waals surface area contributed by atoms with Crippen LogP contribution in [0.4, 0.5) is 5.69 Å². The first-order valence-electron chi connectivity index (χ1n) is 6.15. The van der Waals surface area contributed by atoms with E-state index < -0.39 is 4.92 Å². The number of benzene rings is 1. The number of carbonyl (C=O) groups excluding carboxylic acids is 1. The normalized spacial score (nSPS) is 19.3. The molecule has 1 atom stereocenters. The quantitative estimate of drug-likeness (QED) is 0.602. The maximum Gasteiger partial charge on any atom is 0.272 e. The minimum absolute atomic E-state index is 0.0249. The Bertz CT molecular complexity index is 515. The van der Waals surface area contributed by atoms with Gasteiger partial charge in [-0.15, -0.1) is 0 Å². The molecule has 6 nitrogen and oxygen atoms in total. The molecule has 0 aromatic heterocycles. The molecule has 1 amide bonds. The SMILES string of the molecule is Cc1cc(C(=O)N2CCOC(C)C2)ccc1[N+](=O)[O-]. The number of nitro benzene ring substituents is 1. The summed E-state index contributed by atoms with van der Waals surface area (Å²) in [7, 11) is 0. The van der Waals surface area contributed by atoms with Crippen molar-refractivity contribution in [2.75, 3.05) is 19.7 Å². The molecule has 1 saturated heterocycles. The summed E-state index contributed by atoms with van der Waals surface area (Å²) in [6.45, 7) is 5.18. The van der Waals surface area contributed by atoms with Gasteiger partial charge in [0, 0.05) is 30.3 Å². The Hall–Kier alpha value is -1.95. The molecule has 2 rings (SSSR count). The Kier molecular flexibility index (Phi) is 3.80. The lowest BCUT2D eigenvalue weighted by Crippen LogP contribution is -2.44. The molecule has 1 aromatic carbocycles. The van der Waals surface area contributed by atoms with Gasteiger partial charge in [0.2, 0.25) is 0 Å². The zero-order valence-corrected chi connectivity index (χ0v) is 11.0. The molecule has 0 N–H and O–H groups in total. The Morgan fingerprint density at radius 2 is 2.26 bits per heavy atom. The van der Waals surface area contributed by atoms with Crippen molar-refractivity contribution in [2.45, 2.75) is 20.0 Å². The largest absolute Gasteiger partial charge is 0.375 e. The van der Waals surface area contributed by atoms with E-state index in [-0.39, 0.29) is 17.7 Å². The van der Waals surface area contributed by atoms with Gasteiger partial charge in [0.25, 0.3) is 11.6 Å². The Morgan fingerprint density at radius 1 is 1.53 bits per heavy atom. The molecule has 1 aliphatic heterocycles. The van der Waals surface area contributed by atoms with Crippen LogP contribution in [-0.4, -0.2) is 41.5 Å². The van der Waals surface area contributed by atoms with Crippen molar-refractivity contribution in [2.24, 2.45) is 0 Å². The summed E-state index contributed by atoms with van der Waals surface area (Å²) in [5.41, 5.74) is 1.02. The van der Waals surface area contributed by atoms with Crippen LogP contribution in [0.25, 0.3) is 0 Å². The first kappa shape index (κ1) is 13.5. The summed E-state index contributed by atoms with van der Waals surface area (Å²) in [5, 5.41) is 10.7. The highest BCUT2D eigenvalue weighted by atomic mass is 16.6. The van der Waals surface area contributed by atoms with Crippen LogP contribution < -0.4 is 0 Å². The second kappa shape index (κ2) is 5.36. The van der Waals surface area contributed by atoms with E-state index in [1.165, 1.54) is 12.1 Å². The number of morpholine rings is 1. The summed E-state index contributed by atoms with van der Waals surface area (Å²) in [5.74, 6) is -0.104. The zero-order chi connectivity index (χ0) is 14.0. The van der Waals surface area contributed by atoms with Gasteiger partial charge in [-0.2, -0.15) is 0 Å². The molecule has 1 unspecified atom stereocenters. The van der Waals surface area contributed by atoms with Crippen molar-refractivity contribution in [3.8, 4) is 0 Å². The molecule has 19 heavy (non-hydrogen) atoms. The number of nitrogens with zero attached hydrogens (tertiary/aromatic N) is 2. The van der Waals surface area contributed by atoms with Crippen molar-refractivity contribution in [1.29, 1.82) is 0 Å². The average molecular weight is 264 g/mol. The van der Waals surface area contributed by atoms with Gasteiger partial charge in [-0.05, 0) is 26.0 Å². The van der Waals surface area contributed by atoms with Crippen LogP contribution in [0.2, 0.25) is 0 Å². The van der Waals surface area contributed by atoms with Gasteiger partial charge < -0.3 is 9.64 Å². The second-order valence-corrected chi connectivity index (χ2v) is 4.69. The molecule has 0 aliphatic carbocycles. The van der Waals surface area contributed by atoms with Crippen molar-refractivity contribution in [3.05, 3.63) is 39.4 Å². The van der Waals surface area contributed by atoms with Gasteiger partial charge >= 0.3 is 0 Å². The maximum absolute atomic E-state index is 12.3. The molecule has 6 heteroatoms. The van der Waals surface area contributed by atoms with E-state index in [1.54, 1.807) is 17.9 Å². The number of ether oxygens (including phenoxy) is 1. The van der Waals surface area contributed by atoms with Crippen LogP contribution in [0.3, 0.4) is 0 Å². The summed E-state index contributed by atoms with van der Waals surface area (Å²) >= 11 is 0. The van der Waals surface area contributed by atoms with Gasteiger partial charge in [-0.25, -0.2) is 0 Å². The lowest BCUT2D eigenvalue weighted by molar-refractivity contribution is -0.385. The summed E-state index contributed by atoms with van der Waals surface area (Å²) < 4.78 is 5.39. The summed E-state index contributed by atoms with van der Waals surface area (Å²) in [6.07, 6.45) is 0.0249. The fraction of sp³-hybridized carbons (Fsp3) is 0.462. The number of nitro groups is 1. The van der Waals surface area contributed by atoms with Crippen LogP contribution >= 0.6 is 0 Å². The lowest BCUT2D eigenvalue weighted by atomic mass is 10.1. The van der Waals surface area contributed by atoms with E-state index in [0.717, 1.165) is 0 Å². The minimum Gasteiger partial charge on any atom is -0.375 e. The van der Waals surface area contributed by atoms with E-state index in [1.807, 2.05) is 6.92 Å². The average Bonchev–Trinajstić information content (AvgIpc) is 2.37. The van der Waals surface area contributed by atoms with E-state index in [2.05, 4.69) is 0 Å². The molecule has 0 saturated carbocycles. The van der Waals surface area contributed by atoms with Gasteiger partial charge in [0.05, 0.1) is 17.6 Å². The Morgan fingerprint density at radius 3 is 2.84 bits per heavy atom. The van der Waals surface area contributed by atoms with Crippen LogP contribution in [0.1, 0.15) is 22.8 Å². The summed E-state index contributed by atoms with van der Waals surface area (Å²) in [4.78, 5) is 24.3. The standard InChI is InChI=1S/C13H16N2O4/c1-9-7-11(3-4-12(9)15(17)18)13(16)14-5-6-19-10(2)8-14/h3-4,7,10H,5-6,8H2,1-2H3. The molecule has 1 fully saturated rings. The van der Waals surface area contributed by atoms with Crippen LogP contribution in [0.15, 0.2) is 18.2 Å². The Balaban J connectivity index is 2.19. The van der Waals surface area contributed by atoms with Crippen molar-refractivity contribution < 1.29 is 14.5 Å². The van der Waals surface area contributed by atoms with E-state index in [0.29, 0.717) is 30.8 Å². The highest BCUT2D eigenvalue weighted by Crippen LogP contribution is 2.20. The fourth-order valence-corrected chi connectivity index (χ4v) is 2.18. The Labute approximate surface area is 111 Å². The second-order valence-electron chi connectivity index (χ2n) is 4.69. The number of aryl methyl sites for hydroxylation is 1. The topological polar surface area (TPSA) is 72.7 Å². The number of amides is 1. The number of hydrogen-bond acceptors (Lipinski definition) is 4. The molecule has 0 radical (unpaired) electrons. The molecule has 0 bridgehead atoms. The van der Waals surface area contributed by atoms with Crippen molar-refractivity contribution in [3.63, 3.8) is 0 Å². The fourth-order valence-electron chi connectivity index (χ4n) is 2.18. The van der Waals surface area contributed by atoms with Crippen LogP contribution in [-0.2, 0) is 4.74 Å². The third-order valence-corrected chi connectivity index (χ3v) is 3.17. The monoisotopic (exact) mass is 264 g/mol. The van der Waals surface area contributed by atoms with E-state index in [4.69, 9.17) is 4.74 Å². The molecular formula is C13H16N2O4. The molecule has 102 valence electrons. The van der Waals surface area contributed by atoms with Crippen LogP contribution in [0.5, 0.6) is 0 Å². The van der Waals surface area contributed by atoms with E-state index >= 15 is 0 Å². The highest BCUT2D eigenvalue weighted by Gasteiger charge is 2.23. The van der Waals surface area contributed by atoms with Gasteiger partial charge in [0.1, 0.15) is 0 Å². The maximum atomic E-state index is 12.3. The summed E-state index contributed by atoms with van der Waals surface area (Å²) in [6, 6.07) is 4.46. The number of hydrogen-bond donors (Lipinski definition) is 0.